The van der Waals surface area contributed by atoms with Gasteiger partial charge in [-0.1, -0.05) is 91.5 Å². The first kappa shape index (κ1) is 39.6. The summed E-state index contributed by atoms with van der Waals surface area (Å²) in [6.45, 7) is 5.17. The molecule has 9 heteroatoms. The van der Waals surface area contributed by atoms with Crippen LogP contribution in [0.3, 0.4) is 0 Å². The Morgan fingerprint density at radius 1 is 0.927 bits per heavy atom. The summed E-state index contributed by atoms with van der Waals surface area (Å²) >= 11 is 1.99. The van der Waals surface area contributed by atoms with Crippen molar-refractivity contribution >= 4 is 17.5 Å². The van der Waals surface area contributed by atoms with E-state index in [2.05, 4.69) is 30.9 Å². The van der Waals surface area contributed by atoms with Gasteiger partial charge in [0.1, 0.15) is 30.5 Å². The zero-order chi connectivity index (χ0) is 38.0. The van der Waals surface area contributed by atoms with Gasteiger partial charge in [-0.05, 0) is 85.8 Å². The summed E-state index contributed by atoms with van der Waals surface area (Å²) in [5.74, 6) is 0.284. The van der Waals surface area contributed by atoms with E-state index in [0.717, 1.165) is 66.7 Å². The number of rotatable bonds is 19. The number of ether oxygens (including phenoxy) is 3. The van der Waals surface area contributed by atoms with Crippen LogP contribution in [-0.4, -0.2) is 52.0 Å². The molecule has 7 nitrogen and oxygen atoms in total. The normalized spacial score (nSPS) is 26.5. The molecule has 0 amide bonds. The minimum atomic E-state index is -0.996. The lowest BCUT2D eigenvalue weighted by Gasteiger charge is -2.58. The molecule has 2 fully saturated rings. The van der Waals surface area contributed by atoms with Crippen molar-refractivity contribution < 1.29 is 33.7 Å². The molecule has 0 radical (unpaired) electrons. The molecule has 1 heterocycles. The predicted octanol–water partition coefficient (Wildman–Crippen LogP) is 9.91. The molecule has 294 valence electrons. The van der Waals surface area contributed by atoms with Crippen molar-refractivity contribution in [3.63, 3.8) is 0 Å². The maximum absolute atomic E-state index is 14.7. The van der Waals surface area contributed by atoms with Crippen LogP contribution in [-0.2, 0) is 22.8 Å². The molecule has 0 aromatic heterocycles. The molecule has 0 saturated heterocycles. The number of thioether (sulfide) groups is 1. The Kier molecular flexibility index (Phi) is 13.7. The first-order valence-corrected chi connectivity index (χ1v) is 21.2. The van der Waals surface area contributed by atoms with E-state index < -0.39 is 5.79 Å². The van der Waals surface area contributed by atoms with E-state index in [0.29, 0.717) is 36.2 Å². The highest BCUT2D eigenvalue weighted by atomic mass is 32.2. The maximum Gasteiger partial charge on any atom is 0.230 e. The Morgan fingerprint density at radius 3 is 2.45 bits per heavy atom. The summed E-state index contributed by atoms with van der Waals surface area (Å²) in [5.41, 5.74) is 4.66. The first-order valence-electron chi connectivity index (χ1n) is 20.3. The van der Waals surface area contributed by atoms with Crippen LogP contribution >= 0.6 is 11.8 Å². The molecule has 2 N–H and O–H groups in total. The van der Waals surface area contributed by atoms with Gasteiger partial charge in [0, 0.05) is 41.9 Å². The van der Waals surface area contributed by atoms with Crippen LogP contribution in [0.1, 0.15) is 93.2 Å². The largest absolute Gasteiger partial charge is 0.489 e. The first-order chi connectivity index (χ1) is 27.0. The van der Waals surface area contributed by atoms with Gasteiger partial charge in [-0.25, -0.2) is 4.39 Å². The van der Waals surface area contributed by atoms with Crippen molar-refractivity contribution in [3.05, 3.63) is 120 Å². The number of oxime groups is 1. The Hall–Kier alpha value is -3.63. The number of aliphatic hydroxyl groups is 2. The minimum Gasteiger partial charge on any atom is -0.489 e. The standard InChI is InChI=1S/C46H56FNO6S/c1-2-26-52-46-43(55-36-18-7-8-19-36)29-41(48-53-30-32-14-4-3-5-15-32)38-27-33(16-10-12-24-49)37(20-11-13-25-50)44(45(38)46)39-28-35(22-23-42(39)54-46)51-31-34-17-6-9-21-40(34)47/h2-6,9,14-15,17,21-23,27-28,33,36-37,43-45,49-50H,1,7-8,10-13,16,18-20,24-26,29-31H2. The zero-order valence-electron chi connectivity index (χ0n) is 31.8. The Labute approximate surface area is 330 Å². The molecule has 3 aliphatic carbocycles. The molecular weight excluding hydrogens is 714 g/mol. The van der Waals surface area contributed by atoms with E-state index in [9.17, 15) is 14.6 Å². The molecule has 0 spiro atoms. The third kappa shape index (κ3) is 9.01. The summed E-state index contributed by atoms with van der Waals surface area (Å²) in [4.78, 5) is 6.20. The molecular formula is C46H56FNO6S. The van der Waals surface area contributed by atoms with Gasteiger partial charge in [-0.3, -0.25) is 0 Å². The van der Waals surface area contributed by atoms with E-state index in [-0.39, 0.29) is 54.6 Å². The highest BCUT2D eigenvalue weighted by molar-refractivity contribution is 8.00. The number of aliphatic hydroxyl groups excluding tert-OH is 2. The number of allylic oxidation sites excluding steroid dienone is 1. The second-order valence-corrected chi connectivity index (χ2v) is 16.9. The molecule has 2 saturated carbocycles. The second kappa shape index (κ2) is 19.0. The quantitative estimate of drug-likeness (QED) is 0.0713. The van der Waals surface area contributed by atoms with Crippen LogP contribution in [0.5, 0.6) is 11.5 Å². The maximum atomic E-state index is 14.7. The number of fused-ring (bicyclic) bond motifs is 2. The van der Waals surface area contributed by atoms with E-state index in [4.69, 9.17) is 24.2 Å². The van der Waals surface area contributed by atoms with Crippen LogP contribution in [0.25, 0.3) is 0 Å². The van der Waals surface area contributed by atoms with Gasteiger partial charge in [0.05, 0.1) is 23.5 Å². The fourth-order valence-electron chi connectivity index (χ4n) is 9.33. The van der Waals surface area contributed by atoms with Crippen molar-refractivity contribution in [2.45, 2.75) is 106 Å². The summed E-state index contributed by atoms with van der Waals surface area (Å²) in [6.07, 6.45) is 14.7. The van der Waals surface area contributed by atoms with Gasteiger partial charge in [0.2, 0.25) is 5.79 Å². The minimum absolute atomic E-state index is 0.0327. The van der Waals surface area contributed by atoms with Crippen LogP contribution in [0.2, 0.25) is 0 Å². The summed E-state index contributed by atoms with van der Waals surface area (Å²) in [5, 5.41) is 25.1. The van der Waals surface area contributed by atoms with Crippen molar-refractivity contribution in [2.24, 2.45) is 22.9 Å². The third-order valence-electron chi connectivity index (χ3n) is 11.9. The molecule has 7 rings (SSSR count). The topological polar surface area (TPSA) is 89.7 Å². The Morgan fingerprint density at radius 2 is 1.69 bits per heavy atom. The van der Waals surface area contributed by atoms with Gasteiger partial charge >= 0.3 is 0 Å². The number of halogens is 1. The van der Waals surface area contributed by atoms with Crippen molar-refractivity contribution in [1.29, 1.82) is 0 Å². The number of benzene rings is 3. The average molecular weight is 770 g/mol. The fourth-order valence-corrected chi connectivity index (χ4v) is 11.1. The summed E-state index contributed by atoms with van der Waals surface area (Å²) < 4.78 is 35.4. The number of nitrogens with zero attached hydrogens (tertiary/aromatic N) is 1. The van der Waals surface area contributed by atoms with E-state index in [1.807, 2.05) is 54.2 Å². The fraction of sp³-hybridized carbons (Fsp3) is 0.500. The van der Waals surface area contributed by atoms with Crippen molar-refractivity contribution in [3.8, 4) is 11.5 Å². The number of unbranched alkanes of at least 4 members (excludes halogenated alkanes) is 2. The Balaban J connectivity index is 1.36. The molecule has 6 unspecified atom stereocenters. The molecule has 6 atom stereocenters. The molecule has 4 aliphatic rings. The van der Waals surface area contributed by atoms with Crippen molar-refractivity contribution in [2.75, 3.05) is 19.8 Å². The molecule has 1 aliphatic heterocycles. The highest BCUT2D eigenvalue weighted by Crippen LogP contribution is 2.63. The van der Waals surface area contributed by atoms with Crippen LogP contribution < -0.4 is 9.47 Å². The lowest BCUT2D eigenvalue weighted by atomic mass is 9.56. The lowest BCUT2D eigenvalue weighted by molar-refractivity contribution is -0.223. The van der Waals surface area contributed by atoms with E-state index in [1.54, 1.807) is 12.1 Å². The summed E-state index contributed by atoms with van der Waals surface area (Å²) in [6, 6.07) is 22.9. The number of hydrogen-bond acceptors (Lipinski definition) is 8. The molecule has 3 aromatic rings. The molecule has 55 heavy (non-hydrogen) atoms. The summed E-state index contributed by atoms with van der Waals surface area (Å²) in [7, 11) is 0. The van der Waals surface area contributed by atoms with Gasteiger partial charge < -0.3 is 29.3 Å². The van der Waals surface area contributed by atoms with Crippen LogP contribution in [0.4, 0.5) is 4.39 Å². The third-order valence-corrected chi connectivity index (χ3v) is 13.6. The molecule has 3 aromatic carbocycles. The van der Waals surface area contributed by atoms with Gasteiger partial charge in [0.25, 0.3) is 0 Å². The highest BCUT2D eigenvalue weighted by Gasteiger charge is 2.64. The Bertz CT molecular complexity index is 1780. The van der Waals surface area contributed by atoms with Gasteiger partial charge in [0.15, 0.2) is 0 Å². The van der Waals surface area contributed by atoms with Crippen LogP contribution in [0, 0.1) is 23.6 Å². The monoisotopic (exact) mass is 769 g/mol. The molecule has 0 bridgehead atoms. The predicted molar refractivity (Wildman–Crippen MR) is 217 cm³/mol. The lowest BCUT2D eigenvalue weighted by Crippen LogP contribution is -2.64. The van der Waals surface area contributed by atoms with E-state index in [1.165, 1.54) is 31.7 Å². The number of hydrogen-bond donors (Lipinski definition) is 2. The van der Waals surface area contributed by atoms with Crippen molar-refractivity contribution in [1.82, 2.24) is 0 Å². The average Bonchev–Trinajstić information content (AvgIpc) is 3.73. The van der Waals surface area contributed by atoms with Gasteiger partial charge in [-0.2, -0.15) is 0 Å². The zero-order valence-corrected chi connectivity index (χ0v) is 32.6. The van der Waals surface area contributed by atoms with Crippen LogP contribution in [0.15, 0.2) is 102 Å². The van der Waals surface area contributed by atoms with Gasteiger partial charge in [-0.15, -0.1) is 18.3 Å². The second-order valence-electron chi connectivity index (χ2n) is 15.4. The van der Waals surface area contributed by atoms with E-state index >= 15 is 0 Å². The SMILES string of the molecule is C=CCOC12Oc3ccc(OCc4ccccc4F)cc3C3C(CCCCO)C(CCCCO)C=C(C(=NOCc4ccccc4)CC1SC1CCCC1)C32. The smallest absolute Gasteiger partial charge is 0.230 e.